The molecule has 0 radical (unpaired) electrons. The van der Waals surface area contributed by atoms with Crippen LogP contribution in [0.25, 0.3) is 0 Å². The van der Waals surface area contributed by atoms with E-state index in [4.69, 9.17) is 5.73 Å². The minimum Gasteiger partial charge on any atom is -0.326 e. The third-order valence-corrected chi connectivity index (χ3v) is 5.42. The summed E-state index contributed by atoms with van der Waals surface area (Å²) in [7, 11) is -3.65. The Bertz CT molecular complexity index is 665. The zero-order chi connectivity index (χ0) is 15.5. The fourth-order valence-corrected chi connectivity index (χ4v) is 4.23. The number of aromatic nitrogens is 1. The van der Waals surface area contributed by atoms with Crippen LogP contribution in [0.4, 0.5) is 0 Å². The molecule has 0 aromatic carbocycles. The molecule has 7 heteroatoms. The minimum absolute atomic E-state index is 0.0157. The van der Waals surface area contributed by atoms with E-state index in [0.29, 0.717) is 6.54 Å². The van der Waals surface area contributed by atoms with Gasteiger partial charge >= 0.3 is 0 Å². The quantitative estimate of drug-likeness (QED) is 0.853. The summed E-state index contributed by atoms with van der Waals surface area (Å²) in [5.41, 5.74) is 6.29. The van der Waals surface area contributed by atoms with Gasteiger partial charge in [0.25, 0.3) is 10.0 Å². The van der Waals surface area contributed by atoms with Crippen molar-refractivity contribution in [1.29, 1.82) is 0 Å². The van der Waals surface area contributed by atoms with Crippen LogP contribution < -0.4 is 10.5 Å². The van der Waals surface area contributed by atoms with Crippen LogP contribution in [0.15, 0.2) is 40.9 Å². The number of sulfonamides is 1. The molecule has 5 nitrogen and oxygen atoms in total. The van der Waals surface area contributed by atoms with Crippen molar-refractivity contribution in [2.24, 2.45) is 11.7 Å². The summed E-state index contributed by atoms with van der Waals surface area (Å²) < 4.78 is 27.6. The van der Waals surface area contributed by atoms with E-state index in [2.05, 4.69) is 9.71 Å². The lowest BCUT2D eigenvalue weighted by Crippen LogP contribution is -2.31. The Morgan fingerprint density at radius 3 is 2.57 bits per heavy atom. The van der Waals surface area contributed by atoms with Crippen LogP contribution in [0, 0.1) is 5.92 Å². The molecule has 0 aliphatic carbocycles. The molecule has 0 aliphatic rings. The molecular formula is C14H19N3O2S2. The molecule has 114 valence electrons. The van der Waals surface area contributed by atoms with Gasteiger partial charge in [-0.1, -0.05) is 26.0 Å². The van der Waals surface area contributed by atoms with Crippen LogP contribution in [0.1, 0.15) is 30.3 Å². The van der Waals surface area contributed by atoms with E-state index < -0.39 is 10.0 Å². The van der Waals surface area contributed by atoms with Gasteiger partial charge in [-0.05, 0) is 29.0 Å². The molecule has 0 aliphatic heterocycles. The Hall–Kier alpha value is -1.28. The molecule has 1 atom stereocenters. The number of pyridine rings is 1. The molecule has 21 heavy (non-hydrogen) atoms. The van der Waals surface area contributed by atoms with Crippen molar-refractivity contribution in [3.8, 4) is 0 Å². The highest BCUT2D eigenvalue weighted by molar-refractivity contribution is 7.89. The third kappa shape index (κ3) is 3.88. The van der Waals surface area contributed by atoms with E-state index in [0.717, 1.165) is 10.4 Å². The monoisotopic (exact) mass is 325 g/mol. The van der Waals surface area contributed by atoms with Gasteiger partial charge in [-0.15, -0.1) is 11.3 Å². The minimum atomic E-state index is -3.65. The van der Waals surface area contributed by atoms with Gasteiger partial charge in [0.15, 0.2) is 5.03 Å². The molecule has 0 spiro atoms. The number of rotatable bonds is 6. The average Bonchev–Trinajstić information content (AvgIpc) is 2.98. The Kier molecular flexibility index (Phi) is 5.10. The zero-order valence-corrected chi connectivity index (χ0v) is 13.6. The van der Waals surface area contributed by atoms with E-state index >= 15 is 0 Å². The maximum atomic E-state index is 12.4. The highest BCUT2D eigenvalue weighted by Gasteiger charge is 2.25. The van der Waals surface area contributed by atoms with Crippen molar-refractivity contribution in [1.82, 2.24) is 9.71 Å². The van der Waals surface area contributed by atoms with Crippen molar-refractivity contribution in [2.45, 2.75) is 31.5 Å². The number of nitrogens with two attached hydrogens (primary N) is 1. The second kappa shape index (κ2) is 6.65. The first-order valence-corrected chi connectivity index (χ1v) is 9.01. The number of hydrogen-bond donors (Lipinski definition) is 2. The SMILES string of the molecule is CC(C)C(NS(=O)(=O)c1ccc(CN)cn1)c1cccs1. The summed E-state index contributed by atoms with van der Waals surface area (Å²) in [6, 6.07) is 6.75. The van der Waals surface area contributed by atoms with Crippen molar-refractivity contribution < 1.29 is 8.42 Å². The first-order chi connectivity index (χ1) is 9.94. The fraction of sp³-hybridized carbons (Fsp3) is 0.357. The van der Waals surface area contributed by atoms with Gasteiger partial charge in [-0.25, -0.2) is 18.1 Å². The Balaban J connectivity index is 2.26. The van der Waals surface area contributed by atoms with Gasteiger partial charge in [0.05, 0.1) is 6.04 Å². The second-order valence-electron chi connectivity index (χ2n) is 5.07. The lowest BCUT2D eigenvalue weighted by molar-refractivity contribution is 0.467. The molecule has 0 fully saturated rings. The van der Waals surface area contributed by atoms with Crippen molar-refractivity contribution in [2.75, 3.05) is 0 Å². The first kappa shape index (κ1) is 16.1. The molecule has 2 rings (SSSR count). The van der Waals surface area contributed by atoms with Gasteiger partial charge < -0.3 is 5.73 Å². The smallest absolute Gasteiger partial charge is 0.258 e. The van der Waals surface area contributed by atoms with E-state index in [1.807, 2.05) is 31.4 Å². The predicted molar refractivity (Wildman–Crippen MR) is 84.3 cm³/mol. The highest BCUT2D eigenvalue weighted by Crippen LogP contribution is 2.27. The van der Waals surface area contributed by atoms with Crippen LogP contribution >= 0.6 is 11.3 Å². The molecule has 0 amide bonds. The van der Waals surface area contributed by atoms with Crippen LogP contribution in [0.3, 0.4) is 0 Å². The van der Waals surface area contributed by atoms with Gasteiger partial charge in [0.1, 0.15) is 0 Å². The summed E-state index contributed by atoms with van der Waals surface area (Å²) in [5, 5.41) is 1.95. The van der Waals surface area contributed by atoms with Crippen molar-refractivity contribution >= 4 is 21.4 Å². The average molecular weight is 325 g/mol. The van der Waals surface area contributed by atoms with E-state index in [-0.39, 0.29) is 17.0 Å². The Labute approximate surface area is 129 Å². The lowest BCUT2D eigenvalue weighted by Gasteiger charge is -2.20. The summed E-state index contributed by atoms with van der Waals surface area (Å²) in [6.07, 6.45) is 1.49. The van der Waals surface area contributed by atoms with Gasteiger partial charge in [-0.2, -0.15) is 0 Å². The standard InChI is InChI=1S/C14H19N3O2S2/c1-10(2)14(12-4-3-7-20-12)17-21(18,19)13-6-5-11(8-15)9-16-13/h3-7,9-10,14,17H,8,15H2,1-2H3. The summed E-state index contributed by atoms with van der Waals surface area (Å²) >= 11 is 1.54. The van der Waals surface area contributed by atoms with Crippen LogP contribution in [-0.2, 0) is 16.6 Å². The van der Waals surface area contributed by atoms with Crippen molar-refractivity contribution in [3.05, 3.63) is 46.3 Å². The fourth-order valence-electron chi connectivity index (χ4n) is 1.91. The predicted octanol–water partition coefficient (Wildman–Crippen LogP) is 2.28. The molecular weight excluding hydrogens is 306 g/mol. The van der Waals surface area contributed by atoms with Crippen LogP contribution in [0.2, 0.25) is 0 Å². The van der Waals surface area contributed by atoms with Crippen LogP contribution in [-0.4, -0.2) is 13.4 Å². The molecule has 0 saturated heterocycles. The Morgan fingerprint density at radius 1 is 1.33 bits per heavy atom. The van der Waals surface area contributed by atoms with E-state index in [1.54, 1.807) is 6.07 Å². The molecule has 2 heterocycles. The summed E-state index contributed by atoms with van der Waals surface area (Å²) in [4.78, 5) is 4.98. The Morgan fingerprint density at radius 2 is 2.10 bits per heavy atom. The van der Waals surface area contributed by atoms with Crippen molar-refractivity contribution in [3.63, 3.8) is 0 Å². The number of nitrogens with one attached hydrogen (secondary N) is 1. The molecule has 0 saturated carbocycles. The number of thiophene rings is 1. The summed E-state index contributed by atoms with van der Waals surface area (Å²) in [6.45, 7) is 4.31. The topological polar surface area (TPSA) is 85.1 Å². The number of hydrogen-bond acceptors (Lipinski definition) is 5. The van der Waals surface area contributed by atoms with Gasteiger partial charge in [0.2, 0.25) is 0 Å². The maximum Gasteiger partial charge on any atom is 0.258 e. The molecule has 0 bridgehead atoms. The number of nitrogens with zero attached hydrogens (tertiary/aromatic N) is 1. The molecule has 3 N–H and O–H groups in total. The van der Waals surface area contributed by atoms with Crippen LogP contribution in [0.5, 0.6) is 0 Å². The molecule has 2 aromatic heterocycles. The largest absolute Gasteiger partial charge is 0.326 e. The molecule has 1 unspecified atom stereocenters. The van der Waals surface area contributed by atoms with Gasteiger partial charge in [0, 0.05) is 17.6 Å². The van der Waals surface area contributed by atoms with E-state index in [9.17, 15) is 8.42 Å². The second-order valence-corrected chi connectivity index (χ2v) is 7.71. The third-order valence-electron chi connectivity index (χ3n) is 3.11. The normalized spacial score (nSPS) is 13.5. The first-order valence-electron chi connectivity index (χ1n) is 6.65. The lowest BCUT2D eigenvalue weighted by atomic mass is 10.0. The zero-order valence-electron chi connectivity index (χ0n) is 12.0. The highest BCUT2D eigenvalue weighted by atomic mass is 32.2. The maximum absolute atomic E-state index is 12.4. The summed E-state index contributed by atoms with van der Waals surface area (Å²) in [5.74, 6) is 0.141. The van der Waals surface area contributed by atoms with Gasteiger partial charge in [-0.3, -0.25) is 0 Å². The molecule has 2 aromatic rings. The van der Waals surface area contributed by atoms with E-state index in [1.165, 1.54) is 23.6 Å².